The van der Waals surface area contributed by atoms with Gasteiger partial charge in [0.2, 0.25) is 0 Å². The van der Waals surface area contributed by atoms with E-state index >= 15 is 0 Å². The number of carbonyl (C=O) groups excluding carboxylic acids is 1. The van der Waals surface area contributed by atoms with Gasteiger partial charge in [-0.25, -0.2) is 0 Å². The molecule has 0 radical (unpaired) electrons. The van der Waals surface area contributed by atoms with E-state index in [9.17, 15) is 4.79 Å². The summed E-state index contributed by atoms with van der Waals surface area (Å²) in [6.07, 6.45) is 4.16. The van der Waals surface area contributed by atoms with Gasteiger partial charge in [-0.3, -0.25) is 9.48 Å². The summed E-state index contributed by atoms with van der Waals surface area (Å²) in [6.45, 7) is 4.93. The van der Waals surface area contributed by atoms with Gasteiger partial charge < -0.3 is 10.1 Å². The van der Waals surface area contributed by atoms with Crippen LogP contribution in [0.3, 0.4) is 0 Å². The number of nitrogens with zero attached hydrogens (tertiary/aromatic N) is 2. The molecule has 0 spiro atoms. The number of carbonyl (C=O) groups is 1. The molecule has 1 N–H and O–H groups in total. The van der Waals surface area contributed by atoms with E-state index in [0.717, 1.165) is 5.56 Å². The Morgan fingerprint density at radius 1 is 1.69 bits per heavy atom. The smallest absolute Gasteiger partial charge is 0.307 e. The van der Waals surface area contributed by atoms with Crippen LogP contribution in [0.4, 0.5) is 0 Å². The van der Waals surface area contributed by atoms with Crippen LogP contribution in [0.15, 0.2) is 12.4 Å². The van der Waals surface area contributed by atoms with Gasteiger partial charge in [0.1, 0.15) is 0 Å². The van der Waals surface area contributed by atoms with E-state index in [0.29, 0.717) is 19.6 Å². The Balaban J connectivity index is 2.24. The summed E-state index contributed by atoms with van der Waals surface area (Å²) in [7, 11) is 1.88. The fourth-order valence-corrected chi connectivity index (χ4v) is 1.40. The minimum atomic E-state index is -0.159. The lowest BCUT2D eigenvalue weighted by molar-refractivity contribution is -0.143. The molecule has 90 valence electrons. The molecular weight excluding hydrogens is 206 g/mol. The maximum absolute atomic E-state index is 11.2. The van der Waals surface area contributed by atoms with Gasteiger partial charge in [-0.05, 0) is 13.8 Å². The van der Waals surface area contributed by atoms with Crippen LogP contribution in [0.1, 0.15) is 25.8 Å². The van der Waals surface area contributed by atoms with Crippen molar-refractivity contribution in [1.82, 2.24) is 15.1 Å². The Morgan fingerprint density at radius 2 is 2.44 bits per heavy atom. The first kappa shape index (κ1) is 12.7. The molecule has 0 aliphatic heterocycles. The largest absolute Gasteiger partial charge is 0.466 e. The topological polar surface area (TPSA) is 56.1 Å². The summed E-state index contributed by atoms with van der Waals surface area (Å²) in [5.74, 6) is -0.159. The van der Waals surface area contributed by atoms with E-state index in [-0.39, 0.29) is 12.0 Å². The second-order valence-electron chi connectivity index (χ2n) is 3.81. The molecule has 1 aromatic heterocycles. The molecule has 0 saturated carbocycles. The van der Waals surface area contributed by atoms with E-state index in [4.69, 9.17) is 4.74 Å². The van der Waals surface area contributed by atoms with Gasteiger partial charge in [0.05, 0.1) is 19.2 Å². The molecule has 5 nitrogen and oxygen atoms in total. The van der Waals surface area contributed by atoms with E-state index in [2.05, 4.69) is 10.4 Å². The zero-order valence-corrected chi connectivity index (χ0v) is 10.1. The quantitative estimate of drug-likeness (QED) is 0.729. The second kappa shape index (κ2) is 6.27. The summed E-state index contributed by atoms with van der Waals surface area (Å²) >= 11 is 0. The highest BCUT2D eigenvalue weighted by Gasteiger charge is 2.09. The van der Waals surface area contributed by atoms with Crippen molar-refractivity contribution in [2.45, 2.75) is 32.9 Å². The zero-order valence-electron chi connectivity index (χ0n) is 10.1. The Morgan fingerprint density at radius 3 is 3.00 bits per heavy atom. The van der Waals surface area contributed by atoms with Gasteiger partial charge in [-0.15, -0.1) is 0 Å². The van der Waals surface area contributed by atoms with E-state index in [1.165, 1.54) is 0 Å². The lowest BCUT2D eigenvalue weighted by Gasteiger charge is -2.11. The molecule has 16 heavy (non-hydrogen) atoms. The monoisotopic (exact) mass is 225 g/mol. The SMILES string of the molecule is CCOC(=O)CC(C)NCc1cnn(C)c1. The first-order valence-corrected chi connectivity index (χ1v) is 5.48. The van der Waals surface area contributed by atoms with Crippen molar-refractivity contribution in [3.05, 3.63) is 18.0 Å². The summed E-state index contributed by atoms with van der Waals surface area (Å²) < 4.78 is 6.63. The van der Waals surface area contributed by atoms with Crippen molar-refractivity contribution in [3.8, 4) is 0 Å². The van der Waals surface area contributed by atoms with E-state index in [1.807, 2.05) is 33.3 Å². The number of esters is 1. The minimum Gasteiger partial charge on any atom is -0.466 e. The maximum Gasteiger partial charge on any atom is 0.307 e. The van der Waals surface area contributed by atoms with Crippen molar-refractivity contribution in [2.24, 2.45) is 7.05 Å². The molecule has 0 aliphatic carbocycles. The molecule has 1 unspecified atom stereocenters. The predicted molar refractivity (Wildman–Crippen MR) is 60.8 cm³/mol. The Kier molecular flexibility index (Phi) is 4.98. The fraction of sp³-hybridized carbons (Fsp3) is 0.636. The molecule has 0 bridgehead atoms. The first-order valence-electron chi connectivity index (χ1n) is 5.48. The molecule has 1 heterocycles. The number of hydrogen-bond donors (Lipinski definition) is 1. The molecule has 0 fully saturated rings. The standard InChI is InChI=1S/C11H19N3O2/c1-4-16-11(15)5-9(2)12-6-10-7-13-14(3)8-10/h7-9,12H,4-6H2,1-3H3. The predicted octanol–water partition coefficient (Wildman–Crippen LogP) is 0.851. The van der Waals surface area contributed by atoms with Crippen LogP contribution in [0, 0.1) is 0 Å². The Hall–Kier alpha value is -1.36. The van der Waals surface area contributed by atoms with Crippen molar-refractivity contribution in [1.29, 1.82) is 0 Å². The van der Waals surface area contributed by atoms with Gasteiger partial charge in [0.25, 0.3) is 0 Å². The van der Waals surface area contributed by atoms with Crippen molar-refractivity contribution >= 4 is 5.97 Å². The van der Waals surface area contributed by atoms with Gasteiger partial charge >= 0.3 is 5.97 Å². The third-order valence-corrected chi connectivity index (χ3v) is 2.19. The van der Waals surface area contributed by atoms with Crippen molar-refractivity contribution in [2.75, 3.05) is 6.61 Å². The number of aromatic nitrogens is 2. The lowest BCUT2D eigenvalue weighted by Crippen LogP contribution is -2.28. The molecule has 5 heteroatoms. The van der Waals surface area contributed by atoms with Crippen LogP contribution >= 0.6 is 0 Å². The molecule has 0 amide bonds. The van der Waals surface area contributed by atoms with Crippen LogP contribution in [0.2, 0.25) is 0 Å². The molecule has 1 rings (SSSR count). The number of rotatable bonds is 6. The van der Waals surface area contributed by atoms with Crippen molar-refractivity contribution in [3.63, 3.8) is 0 Å². The molecular formula is C11H19N3O2. The molecule has 1 atom stereocenters. The number of nitrogens with one attached hydrogen (secondary N) is 1. The third kappa shape index (κ3) is 4.44. The van der Waals surface area contributed by atoms with Gasteiger partial charge in [-0.2, -0.15) is 5.10 Å². The van der Waals surface area contributed by atoms with E-state index < -0.39 is 0 Å². The van der Waals surface area contributed by atoms with Crippen LogP contribution in [0.25, 0.3) is 0 Å². The summed E-state index contributed by atoms with van der Waals surface area (Å²) in [4.78, 5) is 11.2. The third-order valence-electron chi connectivity index (χ3n) is 2.19. The van der Waals surface area contributed by atoms with Crippen LogP contribution < -0.4 is 5.32 Å². The average Bonchev–Trinajstić information content (AvgIpc) is 2.61. The lowest BCUT2D eigenvalue weighted by atomic mass is 10.2. The fourth-order valence-electron chi connectivity index (χ4n) is 1.40. The van der Waals surface area contributed by atoms with Crippen molar-refractivity contribution < 1.29 is 9.53 Å². The van der Waals surface area contributed by atoms with Gasteiger partial charge in [0.15, 0.2) is 0 Å². The van der Waals surface area contributed by atoms with Gasteiger partial charge in [0, 0.05) is 31.4 Å². The van der Waals surface area contributed by atoms with E-state index in [1.54, 1.807) is 4.68 Å². The van der Waals surface area contributed by atoms with Gasteiger partial charge in [-0.1, -0.05) is 0 Å². The number of ether oxygens (including phenoxy) is 1. The minimum absolute atomic E-state index is 0.110. The highest BCUT2D eigenvalue weighted by atomic mass is 16.5. The van der Waals surface area contributed by atoms with Crippen LogP contribution in [0.5, 0.6) is 0 Å². The summed E-state index contributed by atoms with van der Waals surface area (Å²) in [5, 5.41) is 7.32. The second-order valence-corrected chi connectivity index (χ2v) is 3.81. The normalized spacial score (nSPS) is 12.4. The summed E-state index contributed by atoms with van der Waals surface area (Å²) in [5.41, 5.74) is 1.11. The maximum atomic E-state index is 11.2. The first-order chi connectivity index (χ1) is 7.61. The Labute approximate surface area is 95.8 Å². The van der Waals surface area contributed by atoms with Crippen LogP contribution in [-0.4, -0.2) is 28.4 Å². The molecule has 0 aliphatic rings. The molecule has 1 aromatic rings. The number of hydrogen-bond acceptors (Lipinski definition) is 4. The highest BCUT2D eigenvalue weighted by Crippen LogP contribution is 1.99. The average molecular weight is 225 g/mol. The molecule has 0 aromatic carbocycles. The zero-order chi connectivity index (χ0) is 12.0. The Bertz CT molecular complexity index is 336. The van der Waals surface area contributed by atoms with Crippen LogP contribution in [-0.2, 0) is 23.1 Å². The highest BCUT2D eigenvalue weighted by molar-refractivity contribution is 5.69. The molecule has 0 saturated heterocycles. The number of aryl methyl sites for hydroxylation is 1. The summed E-state index contributed by atoms with van der Waals surface area (Å²) in [6, 6.07) is 0.110.